The first kappa shape index (κ1) is 15.1. The number of hydrogen-bond donors (Lipinski definition) is 0. The van der Waals surface area contributed by atoms with Gasteiger partial charge in [0.15, 0.2) is 11.5 Å². The quantitative estimate of drug-likeness (QED) is 0.624. The summed E-state index contributed by atoms with van der Waals surface area (Å²) in [5, 5.41) is 0.975. The Morgan fingerprint density at radius 2 is 1.77 bits per heavy atom. The molecule has 2 aromatic carbocycles. The van der Waals surface area contributed by atoms with E-state index in [4.69, 9.17) is 9.47 Å². The number of nitrogens with zero attached hydrogens (tertiary/aromatic N) is 1. The van der Waals surface area contributed by atoms with Crippen molar-refractivity contribution in [3.8, 4) is 11.5 Å². The molecule has 5 heteroatoms. The van der Waals surface area contributed by atoms with Crippen LogP contribution in [-0.2, 0) is 0 Å². The van der Waals surface area contributed by atoms with Crippen LogP contribution in [-0.4, -0.2) is 19.2 Å². The highest BCUT2D eigenvalue weighted by molar-refractivity contribution is 9.10. The molecule has 0 saturated heterocycles. The summed E-state index contributed by atoms with van der Waals surface area (Å²) >= 11 is 5.23. The molecule has 0 amide bonds. The number of aromatic nitrogens is 1. The van der Waals surface area contributed by atoms with Gasteiger partial charge in [0.1, 0.15) is 5.01 Å². The molecule has 0 saturated carbocycles. The average molecular weight is 376 g/mol. The van der Waals surface area contributed by atoms with Crippen molar-refractivity contribution < 1.29 is 9.47 Å². The van der Waals surface area contributed by atoms with Crippen LogP contribution in [0.2, 0.25) is 0 Å². The van der Waals surface area contributed by atoms with Crippen LogP contribution in [0.25, 0.3) is 22.4 Å². The number of ether oxygens (including phenoxy) is 2. The summed E-state index contributed by atoms with van der Waals surface area (Å²) in [6.45, 7) is 0. The van der Waals surface area contributed by atoms with Gasteiger partial charge in [0.05, 0.1) is 24.4 Å². The highest BCUT2D eigenvalue weighted by Crippen LogP contribution is 2.34. The molecular formula is C17H14BrNO2S. The number of para-hydroxylation sites is 1. The van der Waals surface area contributed by atoms with Crippen LogP contribution in [0.3, 0.4) is 0 Å². The minimum Gasteiger partial charge on any atom is -0.493 e. The lowest BCUT2D eigenvalue weighted by Gasteiger charge is -2.09. The maximum atomic E-state index is 5.34. The lowest BCUT2D eigenvalue weighted by atomic mass is 10.2. The second-order valence-electron chi connectivity index (χ2n) is 4.58. The van der Waals surface area contributed by atoms with Gasteiger partial charge in [-0.05, 0) is 35.9 Å². The fourth-order valence-corrected chi connectivity index (χ4v) is 3.44. The van der Waals surface area contributed by atoms with Crippen LogP contribution in [0.15, 0.2) is 40.9 Å². The Labute approximate surface area is 141 Å². The Kier molecular flexibility index (Phi) is 4.45. The van der Waals surface area contributed by atoms with Gasteiger partial charge in [0, 0.05) is 4.47 Å². The van der Waals surface area contributed by atoms with Gasteiger partial charge in [-0.3, -0.25) is 0 Å². The van der Waals surface area contributed by atoms with E-state index in [2.05, 4.69) is 27.0 Å². The second kappa shape index (κ2) is 6.50. The number of fused-ring (bicyclic) bond motifs is 1. The van der Waals surface area contributed by atoms with Crippen LogP contribution in [0.1, 0.15) is 10.6 Å². The Balaban J connectivity index is 1.94. The fraction of sp³-hybridized carbons (Fsp3) is 0.118. The smallest absolute Gasteiger partial charge is 0.161 e. The first-order valence-electron chi connectivity index (χ1n) is 6.66. The number of benzene rings is 2. The number of hydrogen-bond acceptors (Lipinski definition) is 4. The highest BCUT2D eigenvalue weighted by atomic mass is 79.9. The first-order chi connectivity index (χ1) is 10.7. The minimum atomic E-state index is 0.700. The second-order valence-corrected chi connectivity index (χ2v) is 6.50. The zero-order valence-electron chi connectivity index (χ0n) is 12.2. The summed E-state index contributed by atoms with van der Waals surface area (Å²) in [4.78, 5) is 4.59. The van der Waals surface area contributed by atoms with Gasteiger partial charge in [0.2, 0.25) is 0 Å². The maximum absolute atomic E-state index is 5.34. The Hall–Kier alpha value is -1.85. The molecule has 112 valence electrons. The predicted octanol–water partition coefficient (Wildman–Crippen LogP) is 5.25. The van der Waals surface area contributed by atoms with E-state index in [0.29, 0.717) is 11.5 Å². The zero-order valence-corrected chi connectivity index (χ0v) is 14.6. The van der Waals surface area contributed by atoms with E-state index < -0.39 is 0 Å². The van der Waals surface area contributed by atoms with E-state index in [-0.39, 0.29) is 0 Å². The van der Waals surface area contributed by atoms with E-state index in [1.165, 1.54) is 4.70 Å². The molecule has 0 N–H and O–H groups in total. The van der Waals surface area contributed by atoms with Gasteiger partial charge in [-0.2, -0.15) is 0 Å². The molecule has 0 aliphatic rings. The van der Waals surface area contributed by atoms with Crippen molar-refractivity contribution in [2.24, 2.45) is 0 Å². The lowest BCUT2D eigenvalue weighted by molar-refractivity contribution is 0.354. The highest BCUT2D eigenvalue weighted by Gasteiger charge is 2.08. The molecule has 1 heterocycles. The average Bonchev–Trinajstić information content (AvgIpc) is 2.96. The third-order valence-electron chi connectivity index (χ3n) is 3.22. The van der Waals surface area contributed by atoms with E-state index in [9.17, 15) is 0 Å². The normalized spacial score (nSPS) is 11.2. The topological polar surface area (TPSA) is 31.4 Å². The fourth-order valence-electron chi connectivity index (χ4n) is 2.12. The van der Waals surface area contributed by atoms with Crippen molar-refractivity contribution in [1.29, 1.82) is 0 Å². The molecule has 0 spiro atoms. The van der Waals surface area contributed by atoms with Gasteiger partial charge in [-0.25, -0.2) is 4.98 Å². The Bertz CT molecular complexity index is 809. The molecule has 0 aliphatic carbocycles. The summed E-state index contributed by atoms with van der Waals surface area (Å²) in [7, 11) is 3.26. The molecule has 0 fully saturated rings. The standard InChI is InChI=1S/C17H14BrNO2S/c1-20-14-9-11(12(18)10-15(14)21-2)7-8-17-19-13-5-3-4-6-16(13)22-17/h3-10H,1-2H3/b8-7+. The van der Waals surface area contributed by atoms with Crippen molar-refractivity contribution >= 4 is 49.6 Å². The van der Waals surface area contributed by atoms with Crippen LogP contribution in [0.5, 0.6) is 11.5 Å². The minimum absolute atomic E-state index is 0.700. The Morgan fingerprint density at radius 3 is 2.50 bits per heavy atom. The van der Waals surface area contributed by atoms with Gasteiger partial charge in [-0.15, -0.1) is 11.3 Å². The molecule has 3 nitrogen and oxygen atoms in total. The molecule has 1 aromatic heterocycles. The van der Waals surface area contributed by atoms with Crippen molar-refractivity contribution in [3.05, 3.63) is 51.4 Å². The number of halogens is 1. The first-order valence-corrected chi connectivity index (χ1v) is 8.27. The molecule has 3 rings (SSSR count). The van der Waals surface area contributed by atoms with Crippen LogP contribution < -0.4 is 9.47 Å². The summed E-state index contributed by atoms with van der Waals surface area (Å²) in [6, 6.07) is 12.0. The van der Waals surface area contributed by atoms with E-state index in [1.807, 2.05) is 42.5 Å². The zero-order chi connectivity index (χ0) is 15.5. The van der Waals surface area contributed by atoms with E-state index >= 15 is 0 Å². The lowest BCUT2D eigenvalue weighted by Crippen LogP contribution is -1.91. The summed E-state index contributed by atoms with van der Waals surface area (Å²) < 4.78 is 12.8. The summed E-state index contributed by atoms with van der Waals surface area (Å²) in [5.74, 6) is 1.40. The molecule has 0 aliphatic heterocycles. The third kappa shape index (κ3) is 3.00. The van der Waals surface area contributed by atoms with Crippen molar-refractivity contribution in [3.63, 3.8) is 0 Å². The van der Waals surface area contributed by atoms with Crippen LogP contribution in [0, 0.1) is 0 Å². The van der Waals surface area contributed by atoms with Crippen molar-refractivity contribution in [1.82, 2.24) is 4.98 Å². The number of thiazole rings is 1. The molecule has 0 unspecified atom stereocenters. The van der Waals surface area contributed by atoms with Gasteiger partial charge < -0.3 is 9.47 Å². The van der Waals surface area contributed by atoms with Gasteiger partial charge >= 0.3 is 0 Å². The summed E-state index contributed by atoms with van der Waals surface area (Å²) in [5.41, 5.74) is 2.04. The van der Waals surface area contributed by atoms with E-state index in [1.54, 1.807) is 25.6 Å². The molecule has 22 heavy (non-hydrogen) atoms. The third-order valence-corrected chi connectivity index (χ3v) is 4.91. The molecule has 3 aromatic rings. The molecule has 0 bridgehead atoms. The van der Waals surface area contributed by atoms with Crippen molar-refractivity contribution in [2.45, 2.75) is 0 Å². The summed E-state index contributed by atoms with van der Waals surface area (Å²) in [6.07, 6.45) is 4.03. The maximum Gasteiger partial charge on any atom is 0.161 e. The SMILES string of the molecule is COc1cc(Br)c(/C=C/c2nc3ccccc3s2)cc1OC. The monoisotopic (exact) mass is 375 g/mol. The van der Waals surface area contributed by atoms with Crippen molar-refractivity contribution in [2.75, 3.05) is 14.2 Å². The number of rotatable bonds is 4. The molecular weight excluding hydrogens is 362 g/mol. The van der Waals surface area contributed by atoms with Gasteiger partial charge in [0.25, 0.3) is 0 Å². The van der Waals surface area contributed by atoms with E-state index in [0.717, 1.165) is 20.6 Å². The van der Waals surface area contributed by atoms with Gasteiger partial charge in [-0.1, -0.05) is 34.1 Å². The molecule has 0 atom stereocenters. The van der Waals surface area contributed by atoms with Crippen LogP contribution >= 0.6 is 27.3 Å². The predicted molar refractivity (Wildman–Crippen MR) is 95.8 cm³/mol. The number of methoxy groups -OCH3 is 2. The largest absolute Gasteiger partial charge is 0.493 e. The molecule has 0 radical (unpaired) electrons. The Morgan fingerprint density at radius 1 is 1.05 bits per heavy atom. The van der Waals surface area contributed by atoms with Crippen LogP contribution in [0.4, 0.5) is 0 Å².